The molecule has 0 aromatic heterocycles. The van der Waals surface area contributed by atoms with Gasteiger partial charge in [0.25, 0.3) is 0 Å². The highest BCUT2D eigenvalue weighted by Crippen LogP contribution is 2.41. The first-order valence-electron chi connectivity index (χ1n) is 4.61. The SMILES string of the molecule is C=C(C)C(c1cccc(Cl)c1)C(C)(F)Br. The lowest BCUT2D eigenvalue weighted by Gasteiger charge is -2.26. The number of allylic oxidation sites excluding steroid dienone is 1. The van der Waals surface area contributed by atoms with Crippen LogP contribution in [0, 0.1) is 0 Å². The zero-order valence-electron chi connectivity index (χ0n) is 8.73. The van der Waals surface area contributed by atoms with Gasteiger partial charge in [0, 0.05) is 10.9 Å². The second-order valence-corrected chi connectivity index (χ2v) is 5.78. The van der Waals surface area contributed by atoms with Crippen molar-refractivity contribution in [3.63, 3.8) is 0 Å². The number of halogens is 3. The molecule has 0 aliphatic rings. The van der Waals surface area contributed by atoms with Crippen molar-refractivity contribution in [2.75, 3.05) is 0 Å². The van der Waals surface area contributed by atoms with E-state index in [-0.39, 0.29) is 0 Å². The molecular formula is C12H13BrClF. The number of hydrogen-bond donors (Lipinski definition) is 0. The van der Waals surface area contributed by atoms with Crippen molar-refractivity contribution in [1.82, 2.24) is 0 Å². The predicted molar refractivity (Wildman–Crippen MR) is 67.4 cm³/mol. The van der Waals surface area contributed by atoms with Crippen LogP contribution in [0.5, 0.6) is 0 Å². The minimum Gasteiger partial charge on any atom is -0.231 e. The Hall–Kier alpha value is -0.340. The third-order valence-electron chi connectivity index (χ3n) is 2.18. The molecule has 2 unspecified atom stereocenters. The summed E-state index contributed by atoms with van der Waals surface area (Å²) >= 11 is 8.91. The monoisotopic (exact) mass is 290 g/mol. The minimum atomic E-state index is -1.51. The van der Waals surface area contributed by atoms with E-state index in [9.17, 15) is 4.39 Å². The van der Waals surface area contributed by atoms with E-state index in [2.05, 4.69) is 22.5 Å². The Kier molecular flexibility index (Phi) is 3.96. The van der Waals surface area contributed by atoms with Crippen molar-refractivity contribution in [1.29, 1.82) is 0 Å². The molecule has 1 aromatic rings. The van der Waals surface area contributed by atoms with Gasteiger partial charge in [-0.25, -0.2) is 4.39 Å². The first-order chi connectivity index (χ1) is 6.82. The molecule has 1 aromatic carbocycles. The molecule has 0 saturated carbocycles. The van der Waals surface area contributed by atoms with Gasteiger partial charge in [0.15, 0.2) is 4.58 Å². The molecule has 1 rings (SSSR count). The maximum atomic E-state index is 13.9. The van der Waals surface area contributed by atoms with Crippen LogP contribution in [0.15, 0.2) is 36.4 Å². The first-order valence-corrected chi connectivity index (χ1v) is 5.78. The average molecular weight is 292 g/mol. The van der Waals surface area contributed by atoms with Gasteiger partial charge in [-0.15, -0.1) is 0 Å². The largest absolute Gasteiger partial charge is 0.231 e. The van der Waals surface area contributed by atoms with Crippen LogP contribution in [0.1, 0.15) is 25.3 Å². The van der Waals surface area contributed by atoms with Crippen LogP contribution >= 0.6 is 27.5 Å². The van der Waals surface area contributed by atoms with Crippen molar-refractivity contribution in [2.24, 2.45) is 0 Å². The average Bonchev–Trinajstić information content (AvgIpc) is 1.99. The Morgan fingerprint density at radius 1 is 1.60 bits per heavy atom. The Balaban J connectivity index is 3.16. The predicted octanol–water partition coefficient (Wildman–Crippen LogP) is 5.08. The third-order valence-corrected chi connectivity index (χ3v) is 2.87. The van der Waals surface area contributed by atoms with Crippen LogP contribution in [0.3, 0.4) is 0 Å². The van der Waals surface area contributed by atoms with Gasteiger partial charge in [-0.2, -0.15) is 0 Å². The van der Waals surface area contributed by atoms with Gasteiger partial charge in [-0.05, 0) is 47.5 Å². The molecule has 82 valence electrons. The highest BCUT2D eigenvalue weighted by Gasteiger charge is 2.33. The van der Waals surface area contributed by atoms with Gasteiger partial charge in [-0.1, -0.05) is 35.9 Å². The van der Waals surface area contributed by atoms with E-state index in [1.807, 2.05) is 19.1 Å². The van der Waals surface area contributed by atoms with E-state index < -0.39 is 10.5 Å². The molecule has 0 radical (unpaired) electrons. The highest BCUT2D eigenvalue weighted by atomic mass is 79.9. The fourth-order valence-corrected chi connectivity index (χ4v) is 2.55. The Morgan fingerprint density at radius 2 is 2.20 bits per heavy atom. The molecule has 0 spiro atoms. The maximum absolute atomic E-state index is 13.9. The Morgan fingerprint density at radius 3 is 2.60 bits per heavy atom. The van der Waals surface area contributed by atoms with Crippen LogP contribution in [-0.2, 0) is 0 Å². The minimum absolute atomic E-state index is 0.392. The molecule has 2 atom stereocenters. The van der Waals surface area contributed by atoms with Crippen molar-refractivity contribution in [3.05, 3.63) is 47.0 Å². The van der Waals surface area contributed by atoms with Crippen LogP contribution < -0.4 is 0 Å². The van der Waals surface area contributed by atoms with Crippen molar-refractivity contribution >= 4 is 27.5 Å². The summed E-state index contributed by atoms with van der Waals surface area (Å²) in [6.07, 6.45) is 0. The molecule has 0 fully saturated rings. The van der Waals surface area contributed by atoms with Crippen LogP contribution in [0.2, 0.25) is 5.02 Å². The fraction of sp³-hybridized carbons (Fsp3) is 0.333. The molecule has 15 heavy (non-hydrogen) atoms. The van der Waals surface area contributed by atoms with E-state index in [0.29, 0.717) is 5.02 Å². The Bertz CT molecular complexity index is 368. The van der Waals surface area contributed by atoms with Gasteiger partial charge in [0.1, 0.15) is 0 Å². The molecule has 0 aliphatic heterocycles. The number of benzene rings is 1. The third kappa shape index (κ3) is 3.32. The topological polar surface area (TPSA) is 0 Å². The summed E-state index contributed by atoms with van der Waals surface area (Å²) in [5.41, 5.74) is 1.59. The van der Waals surface area contributed by atoms with E-state index >= 15 is 0 Å². The van der Waals surface area contributed by atoms with E-state index in [0.717, 1.165) is 11.1 Å². The van der Waals surface area contributed by atoms with Crippen LogP contribution in [0.25, 0.3) is 0 Å². The molecule has 0 amide bonds. The van der Waals surface area contributed by atoms with Gasteiger partial charge < -0.3 is 0 Å². The van der Waals surface area contributed by atoms with E-state index in [1.165, 1.54) is 6.92 Å². The lowest BCUT2D eigenvalue weighted by atomic mass is 9.89. The molecule has 0 aliphatic carbocycles. The smallest absolute Gasteiger partial charge is 0.172 e. The molecular weight excluding hydrogens is 278 g/mol. The summed E-state index contributed by atoms with van der Waals surface area (Å²) in [4.78, 5) is 0. The Labute approximate surface area is 103 Å². The molecule has 0 N–H and O–H groups in total. The molecule has 0 nitrogen and oxygen atoms in total. The highest BCUT2D eigenvalue weighted by molar-refractivity contribution is 9.10. The zero-order valence-corrected chi connectivity index (χ0v) is 11.1. The van der Waals surface area contributed by atoms with Crippen molar-refractivity contribution in [3.8, 4) is 0 Å². The molecule has 0 heterocycles. The van der Waals surface area contributed by atoms with Gasteiger partial charge >= 0.3 is 0 Å². The summed E-state index contributed by atoms with van der Waals surface area (Å²) in [7, 11) is 0. The second-order valence-electron chi connectivity index (χ2n) is 3.79. The van der Waals surface area contributed by atoms with Crippen LogP contribution in [-0.4, -0.2) is 4.58 Å². The maximum Gasteiger partial charge on any atom is 0.172 e. The molecule has 0 bridgehead atoms. The second kappa shape index (κ2) is 4.67. The van der Waals surface area contributed by atoms with Crippen molar-refractivity contribution < 1.29 is 4.39 Å². The standard InChI is InChI=1S/C12H13BrClF/c1-8(2)11(12(3,13)15)9-5-4-6-10(14)7-9/h4-7,11H,1H2,2-3H3. The molecule has 3 heteroatoms. The lowest BCUT2D eigenvalue weighted by Crippen LogP contribution is -2.21. The summed E-state index contributed by atoms with van der Waals surface area (Å²) in [6.45, 7) is 7.10. The quantitative estimate of drug-likeness (QED) is 0.538. The van der Waals surface area contributed by atoms with Gasteiger partial charge in [0.05, 0.1) is 0 Å². The number of alkyl halides is 2. The van der Waals surface area contributed by atoms with E-state index in [4.69, 9.17) is 11.6 Å². The normalized spacial score (nSPS) is 16.9. The van der Waals surface area contributed by atoms with E-state index in [1.54, 1.807) is 12.1 Å². The lowest BCUT2D eigenvalue weighted by molar-refractivity contribution is 0.292. The summed E-state index contributed by atoms with van der Waals surface area (Å²) < 4.78 is 12.4. The zero-order chi connectivity index (χ0) is 11.6. The number of hydrogen-bond acceptors (Lipinski definition) is 0. The van der Waals surface area contributed by atoms with Crippen molar-refractivity contribution in [2.45, 2.75) is 24.3 Å². The first kappa shape index (κ1) is 12.7. The van der Waals surface area contributed by atoms with Gasteiger partial charge in [0.2, 0.25) is 0 Å². The van der Waals surface area contributed by atoms with Gasteiger partial charge in [-0.3, -0.25) is 0 Å². The summed E-state index contributed by atoms with van der Waals surface area (Å²) in [6, 6.07) is 7.20. The summed E-state index contributed by atoms with van der Waals surface area (Å²) in [5.74, 6) is -0.392. The number of rotatable bonds is 3. The fourth-order valence-electron chi connectivity index (χ4n) is 1.70. The van der Waals surface area contributed by atoms with Crippen LogP contribution in [0.4, 0.5) is 4.39 Å². The molecule has 0 saturated heterocycles. The summed E-state index contributed by atoms with van der Waals surface area (Å²) in [5, 5.41) is 0.607.